The molecule has 0 aromatic carbocycles. The van der Waals surface area contributed by atoms with Gasteiger partial charge in [-0.15, -0.1) is 0 Å². The van der Waals surface area contributed by atoms with Crippen LogP contribution in [0.4, 0.5) is 0 Å². The number of carbonyl (C=O) groups is 1. The monoisotopic (exact) mass is 200 g/mol. The van der Waals surface area contributed by atoms with Crippen LogP contribution in [0.3, 0.4) is 0 Å². The van der Waals surface area contributed by atoms with Crippen LogP contribution in [0.2, 0.25) is 0 Å². The molecule has 0 amide bonds. The number of carboxylic acids is 1. The number of nitrogens with zero attached hydrogens (tertiary/aromatic N) is 2. The number of likely N-dealkylation sites (N-methyl/N-ethyl adjacent to an activating group) is 1. The van der Waals surface area contributed by atoms with E-state index in [9.17, 15) is 4.79 Å². The van der Waals surface area contributed by atoms with E-state index in [2.05, 4.69) is 23.6 Å². The predicted molar refractivity (Wildman–Crippen MR) is 55.4 cm³/mol. The van der Waals surface area contributed by atoms with Crippen molar-refractivity contribution in [2.75, 3.05) is 26.7 Å². The van der Waals surface area contributed by atoms with Crippen LogP contribution < -0.4 is 0 Å². The fraction of sp³-hybridized carbons (Fsp3) is 0.900. The van der Waals surface area contributed by atoms with Crippen LogP contribution in [-0.2, 0) is 4.79 Å². The molecule has 2 unspecified atom stereocenters. The SMILES string of the molecule is CCC(C)N1CCN(C)CC1C(=O)O. The van der Waals surface area contributed by atoms with Crippen LogP contribution in [-0.4, -0.2) is 59.6 Å². The highest BCUT2D eigenvalue weighted by Crippen LogP contribution is 2.14. The highest BCUT2D eigenvalue weighted by atomic mass is 16.4. The highest BCUT2D eigenvalue weighted by molar-refractivity contribution is 5.74. The molecule has 1 N–H and O–H groups in total. The van der Waals surface area contributed by atoms with E-state index in [4.69, 9.17) is 5.11 Å². The molecule has 1 aliphatic heterocycles. The largest absolute Gasteiger partial charge is 0.480 e. The van der Waals surface area contributed by atoms with E-state index in [0.717, 1.165) is 19.5 Å². The number of carboxylic acid groups (broad SMARTS) is 1. The Morgan fingerprint density at radius 2 is 2.21 bits per heavy atom. The topological polar surface area (TPSA) is 43.8 Å². The van der Waals surface area contributed by atoms with Gasteiger partial charge in [0, 0.05) is 25.7 Å². The standard InChI is InChI=1S/C10H20N2O2/c1-4-8(2)12-6-5-11(3)7-9(12)10(13)14/h8-9H,4-7H2,1-3H3,(H,13,14). The van der Waals surface area contributed by atoms with Crippen LogP contribution in [0.25, 0.3) is 0 Å². The average Bonchev–Trinajstić information content (AvgIpc) is 2.16. The summed E-state index contributed by atoms with van der Waals surface area (Å²) in [6.45, 7) is 6.67. The Hall–Kier alpha value is -0.610. The summed E-state index contributed by atoms with van der Waals surface area (Å²) in [7, 11) is 1.98. The molecule has 1 heterocycles. The van der Waals surface area contributed by atoms with E-state index in [1.807, 2.05) is 7.05 Å². The summed E-state index contributed by atoms with van der Waals surface area (Å²) in [4.78, 5) is 15.2. The molecule has 14 heavy (non-hydrogen) atoms. The van der Waals surface area contributed by atoms with Crippen molar-refractivity contribution in [3.8, 4) is 0 Å². The third-order valence-corrected chi connectivity index (χ3v) is 3.07. The smallest absolute Gasteiger partial charge is 0.322 e. The minimum atomic E-state index is -0.697. The van der Waals surface area contributed by atoms with Crippen LogP contribution in [0.15, 0.2) is 0 Å². The van der Waals surface area contributed by atoms with E-state index in [0.29, 0.717) is 12.6 Å². The first-order chi connectivity index (χ1) is 6.56. The molecule has 0 saturated carbocycles. The fourth-order valence-corrected chi connectivity index (χ4v) is 1.92. The second kappa shape index (κ2) is 4.75. The van der Waals surface area contributed by atoms with Gasteiger partial charge in [0.2, 0.25) is 0 Å². The molecule has 0 bridgehead atoms. The van der Waals surface area contributed by atoms with Gasteiger partial charge >= 0.3 is 5.97 Å². The van der Waals surface area contributed by atoms with Gasteiger partial charge in [0.25, 0.3) is 0 Å². The maximum absolute atomic E-state index is 11.1. The second-order valence-electron chi connectivity index (χ2n) is 4.11. The van der Waals surface area contributed by atoms with Gasteiger partial charge in [-0.2, -0.15) is 0 Å². The van der Waals surface area contributed by atoms with Crippen molar-refractivity contribution in [3.05, 3.63) is 0 Å². The number of piperazine rings is 1. The lowest BCUT2D eigenvalue weighted by molar-refractivity contribution is -0.146. The Balaban J connectivity index is 2.67. The molecule has 0 aliphatic carbocycles. The molecule has 1 rings (SSSR count). The van der Waals surface area contributed by atoms with Gasteiger partial charge in [0.1, 0.15) is 6.04 Å². The summed E-state index contributed by atoms with van der Waals surface area (Å²) in [6.07, 6.45) is 1.01. The molecular formula is C10H20N2O2. The Labute approximate surface area is 85.5 Å². The molecule has 0 spiro atoms. The molecule has 4 heteroatoms. The predicted octanol–water partition coefficient (Wildman–Crippen LogP) is 0.485. The van der Waals surface area contributed by atoms with Gasteiger partial charge in [-0.1, -0.05) is 6.92 Å². The third kappa shape index (κ3) is 2.45. The molecule has 1 fully saturated rings. The molecule has 1 aliphatic rings. The van der Waals surface area contributed by atoms with E-state index in [1.54, 1.807) is 0 Å². The summed E-state index contributed by atoms with van der Waals surface area (Å²) < 4.78 is 0. The summed E-state index contributed by atoms with van der Waals surface area (Å²) in [5.41, 5.74) is 0. The lowest BCUT2D eigenvalue weighted by Gasteiger charge is -2.40. The first-order valence-electron chi connectivity index (χ1n) is 5.23. The number of hydrogen-bond donors (Lipinski definition) is 1. The summed E-state index contributed by atoms with van der Waals surface area (Å²) in [5.74, 6) is -0.697. The van der Waals surface area contributed by atoms with E-state index < -0.39 is 5.97 Å². The van der Waals surface area contributed by atoms with E-state index in [-0.39, 0.29) is 6.04 Å². The third-order valence-electron chi connectivity index (χ3n) is 3.07. The van der Waals surface area contributed by atoms with Crippen LogP contribution in [0.1, 0.15) is 20.3 Å². The molecule has 2 atom stereocenters. The molecule has 82 valence electrons. The van der Waals surface area contributed by atoms with Crippen molar-refractivity contribution in [3.63, 3.8) is 0 Å². The Bertz CT molecular complexity index is 208. The van der Waals surface area contributed by atoms with Gasteiger partial charge in [0.05, 0.1) is 0 Å². The quantitative estimate of drug-likeness (QED) is 0.720. The second-order valence-corrected chi connectivity index (χ2v) is 4.11. The molecule has 1 saturated heterocycles. The van der Waals surface area contributed by atoms with Crippen molar-refractivity contribution in [2.24, 2.45) is 0 Å². The van der Waals surface area contributed by atoms with Crippen molar-refractivity contribution >= 4 is 5.97 Å². The minimum Gasteiger partial charge on any atom is -0.480 e. The zero-order valence-electron chi connectivity index (χ0n) is 9.23. The molecule has 0 aromatic heterocycles. The normalized spacial score (nSPS) is 27.5. The maximum Gasteiger partial charge on any atom is 0.322 e. The van der Waals surface area contributed by atoms with Gasteiger partial charge in [-0.25, -0.2) is 0 Å². The zero-order valence-corrected chi connectivity index (χ0v) is 9.23. The Kier molecular flexibility index (Phi) is 3.89. The first-order valence-corrected chi connectivity index (χ1v) is 5.23. The van der Waals surface area contributed by atoms with E-state index in [1.165, 1.54) is 0 Å². The lowest BCUT2D eigenvalue weighted by Crippen LogP contribution is -2.57. The van der Waals surface area contributed by atoms with Crippen LogP contribution >= 0.6 is 0 Å². The zero-order chi connectivity index (χ0) is 10.7. The van der Waals surface area contributed by atoms with Crippen molar-refractivity contribution in [1.29, 1.82) is 0 Å². The fourth-order valence-electron chi connectivity index (χ4n) is 1.92. The molecule has 0 radical (unpaired) electrons. The average molecular weight is 200 g/mol. The number of rotatable bonds is 3. The van der Waals surface area contributed by atoms with Crippen molar-refractivity contribution < 1.29 is 9.90 Å². The van der Waals surface area contributed by atoms with Crippen LogP contribution in [0, 0.1) is 0 Å². The van der Waals surface area contributed by atoms with Crippen molar-refractivity contribution in [1.82, 2.24) is 9.80 Å². The summed E-state index contributed by atoms with van der Waals surface area (Å²) >= 11 is 0. The first kappa shape index (κ1) is 11.5. The number of hydrogen-bond acceptors (Lipinski definition) is 3. The molecular weight excluding hydrogens is 180 g/mol. The summed E-state index contributed by atoms with van der Waals surface area (Å²) in [5, 5.41) is 9.10. The van der Waals surface area contributed by atoms with E-state index >= 15 is 0 Å². The molecule has 0 aromatic rings. The van der Waals surface area contributed by atoms with Crippen molar-refractivity contribution in [2.45, 2.75) is 32.4 Å². The maximum atomic E-state index is 11.1. The van der Waals surface area contributed by atoms with Gasteiger partial charge in [-0.05, 0) is 20.4 Å². The van der Waals surface area contributed by atoms with Gasteiger partial charge < -0.3 is 10.0 Å². The Morgan fingerprint density at radius 1 is 1.57 bits per heavy atom. The summed E-state index contributed by atoms with van der Waals surface area (Å²) in [6, 6.07) is 0.0356. The van der Waals surface area contributed by atoms with Crippen LogP contribution in [0.5, 0.6) is 0 Å². The highest BCUT2D eigenvalue weighted by Gasteiger charge is 2.32. The lowest BCUT2D eigenvalue weighted by atomic mass is 10.1. The number of aliphatic carboxylic acids is 1. The molecule has 4 nitrogen and oxygen atoms in total. The minimum absolute atomic E-state index is 0.330. The Morgan fingerprint density at radius 3 is 2.71 bits per heavy atom. The van der Waals surface area contributed by atoms with Gasteiger partial charge in [-0.3, -0.25) is 9.69 Å². The van der Waals surface area contributed by atoms with Gasteiger partial charge in [0.15, 0.2) is 0 Å².